The van der Waals surface area contributed by atoms with Gasteiger partial charge >= 0.3 is 0 Å². The minimum atomic E-state index is 0.00518. The number of nitrogens with one attached hydrogen (secondary N) is 1. The first kappa shape index (κ1) is 16.4. The molecule has 0 spiro atoms. The Bertz CT molecular complexity index is 953. The van der Waals surface area contributed by atoms with Crippen molar-refractivity contribution in [2.75, 3.05) is 13.7 Å². The van der Waals surface area contributed by atoms with Crippen LogP contribution in [0, 0.1) is 13.8 Å². The number of furan rings is 1. The molecule has 1 aromatic carbocycles. The maximum Gasteiger partial charge on any atom is 0.257 e. The molecule has 0 bridgehead atoms. The SMILES string of the molecule is COc1ccc(-c2nc3c([nH]2)CN(C(=O)c2cc(C)oc2C)CC3)cc1. The molecule has 3 aromatic rings. The lowest BCUT2D eigenvalue weighted by Gasteiger charge is -2.26. The topological polar surface area (TPSA) is 71.4 Å². The number of aromatic amines is 1. The third-order valence-electron chi connectivity index (χ3n) is 4.75. The highest BCUT2D eigenvalue weighted by Gasteiger charge is 2.26. The summed E-state index contributed by atoms with van der Waals surface area (Å²) in [6.45, 7) is 4.87. The van der Waals surface area contributed by atoms with Crippen LogP contribution in [0.1, 0.15) is 33.3 Å². The summed E-state index contributed by atoms with van der Waals surface area (Å²) in [4.78, 5) is 22.7. The van der Waals surface area contributed by atoms with Crippen LogP contribution in [-0.2, 0) is 13.0 Å². The van der Waals surface area contributed by atoms with Crippen LogP contribution in [0.2, 0.25) is 0 Å². The standard InChI is InChI=1S/C20H21N3O3/c1-12-10-16(13(2)26-12)20(24)23-9-8-17-18(11-23)22-19(21-17)14-4-6-15(25-3)7-5-14/h4-7,10H,8-9,11H2,1-3H3,(H,21,22). The van der Waals surface area contributed by atoms with Crippen LogP contribution >= 0.6 is 0 Å². The molecule has 0 fully saturated rings. The van der Waals surface area contributed by atoms with Gasteiger partial charge in [0, 0.05) is 18.5 Å². The highest BCUT2D eigenvalue weighted by atomic mass is 16.5. The van der Waals surface area contributed by atoms with E-state index >= 15 is 0 Å². The monoisotopic (exact) mass is 351 g/mol. The number of nitrogens with zero attached hydrogens (tertiary/aromatic N) is 2. The molecule has 1 N–H and O–H groups in total. The molecule has 1 amide bonds. The maximum atomic E-state index is 12.8. The van der Waals surface area contributed by atoms with Gasteiger partial charge in [-0.15, -0.1) is 0 Å². The second kappa shape index (κ2) is 6.37. The zero-order chi connectivity index (χ0) is 18.3. The van der Waals surface area contributed by atoms with Crippen molar-refractivity contribution < 1.29 is 13.9 Å². The number of carbonyl (C=O) groups excluding carboxylic acids is 1. The number of imidazole rings is 1. The summed E-state index contributed by atoms with van der Waals surface area (Å²) < 4.78 is 10.7. The third kappa shape index (κ3) is 2.87. The molecule has 0 atom stereocenters. The summed E-state index contributed by atoms with van der Waals surface area (Å²) in [6, 6.07) is 9.59. The molecule has 2 aromatic heterocycles. The van der Waals surface area contributed by atoms with Gasteiger partial charge in [0.05, 0.1) is 30.6 Å². The van der Waals surface area contributed by atoms with Gasteiger partial charge in [0.15, 0.2) is 0 Å². The van der Waals surface area contributed by atoms with E-state index < -0.39 is 0 Å². The lowest BCUT2D eigenvalue weighted by atomic mass is 10.1. The molecule has 3 heterocycles. The Kier molecular flexibility index (Phi) is 4.03. The second-order valence-corrected chi connectivity index (χ2v) is 6.54. The Labute approximate surface area is 151 Å². The van der Waals surface area contributed by atoms with Gasteiger partial charge in [0.1, 0.15) is 23.1 Å². The molecule has 134 valence electrons. The molecule has 0 saturated heterocycles. The summed E-state index contributed by atoms with van der Waals surface area (Å²) in [5, 5.41) is 0. The second-order valence-electron chi connectivity index (χ2n) is 6.54. The highest BCUT2D eigenvalue weighted by Crippen LogP contribution is 2.26. The van der Waals surface area contributed by atoms with Crippen molar-refractivity contribution in [3.05, 3.63) is 58.8 Å². The normalized spacial score (nSPS) is 13.6. The largest absolute Gasteiger partial charge is 0.497 e. The Morgan fingerprint density at radius 3 is 2.69 bits per heavy atom. The van der Waals surface area contributed by atoms with Gasteiger partial charge in [-0.2, -0.15) is 0 Å². The van der Waals surface area contributed by atoms with Crippen molar-refractivity contribution >= 4 is 5.91 Å². The van der Waals surface area contributed by atoms with Gasteiger partial charge in [0.25, 0.3) is 5.91 Å². The van der Waals surface area contributed by atoms with Gasteiger partial charge in [-0.1, -0.05) is 0 Å². The number of benzene rings is 1. The van der Waals surface area contributed by atoms with Crippen LogP contribution in [0.15, 0.2) is 34.7 Å². The fourth-order valence-corrected chi connectivity index (χ4v) is 3.37. The van der Waals surface area contributed by atoms with E-state index in [0.29, 0.717) is 24.4 Å². The molecule has 1 aliphatic heterocycles. The Morgan fingerprint density at radius 1 is 1.27 bits per heavy atom. The van der Waals surface area contributed by atoms with Gasteiger partial charge in [-0.05, 0) is 44.2 Å². The number of ether oxygens (including phenoxy) is 1. The average Bonchev–Trinajstić information content (AvgIpc) is 3.23. The first-order chi connectivity index (χ1) is 12.5. The average molecular weight is 351 g/mol. The van der Waals surface area contributed by atoms with Gasteiger partial charge in [-0.25, -0.2) is 4.98 Å². The number of aromatic nitrogens is 2. The lowest BCUT2D eigenvalue weighted by molar-refractivity contribution is 0.0730. The summed E-state index contributed by atoms with van der Waals surface area (Å²) in [5.74, 6) is 3.06. The molecule has 6 heteroatoms. The smallest absolute Gasteiger partial charge is 0.257 e. The van der Waals surface area contributed by atoms with E-state index in [0.717, 1.165) is 40.7 Å². The maximum absolute atomic E-state index is 12.8. The van der Waals surface area contributed by atoms with Crippen LogP contribution in [0.4, 0.5) is 0 Å². The molecule has 0 aliphatic carbocycles. The van der Waals surface area contributed by atoms with E-state index in [1.165, 1.54) is 0 Å². The Morgan fingerprint density at radius 2 is 2.04 bits per heavy atom. The van der Waals surface area contributed by atoms with Gasteiger partial charge in [0.2, 0.25) is 0 Å². The van der Waals surface area contributed by atoms with E-state index in [9.17, 15) is 4.79 Å². The number of methoxy groups -OCH3 is 1. The number of carbonyl (C=O) groups is 1. The number of fused-ring (bicyclic) bond motifs is 1. The molecule has 0 radical (unpaired) electrons. The molecule has 4 rings (SSSR count). The van der Waals surface area contributed by atoms with E-state index in [1.807, 2.05) is 49.1 Å². The number of aryl methyl sites for hydroxylation is 2. The molecular formula is C20H21N3O3. The lowest BCUT2D eigenvalue weighted by Crippen LogP contribution is -2.36. The van der Waals surface area contributed by atoms with Crippen LogP contribution < -0.4 is 4.74 Å². The van der Waals surface area contributed by atoms with Crippen LogP contribution in [0.3, 0.4) is 0 Å². The fraction of sp³-hybridized carbons (Fsp3) is 0.300. The van der Waals surface area contributed by atoms with Crippen molar-refractivity contribution in [1.82, 2.24) is 14.9 Å². The molecule has 6 nitrogen and oxygen atoms in total. The van der Waals surface area contributed by atoms with Crippen molar-refractivity contribution in [2.45, 2.75) is 26.8 Å². The quantitative estimate of drug-likeness (QED) is 0.784. The molecule has 0 unspecified atom stereocenters. The van der Waals surface area contributed by atoms with Gasteiger partial charge in [-0.3, -0.25) is 4.79 Å². The first-order valence-electron chi connectivity index (χ1n) is 8.63. The third-order valence-corrected chi connectivity index (χ3v) is 4.75. The number of hydrogen-bond acceptors (Lipinski definition) is 4. The summed E-state index contributed by atoms with van der Waals surface area (Å²) in [7, 11) is 1.65. The summed E-state index contributed by atoms with van der Waals surface area (Å²) >= 11 is 0. The van der Waals surface area contributed by atoms with Crippen molar-refractivity contribution in [2.24, 2.45) is 0 Å². The van der Waals surface area contributed by atoms with Crippen LogP contribution in [0.25, 0.3) is 11.4 Å². The van der Waals surface area contributed by atoms with Crippen LogP contribution in [-0.4, -0.2) is 34.4 Å². The highest BCUT2D eigenvalue weighted by molar-refractivity contribution is 5.95. The molecule has 0 saturated carbocycles. The van der Waals surface area contributed by atoms with E-state index in [4.69, 9.17) is 14.1 Å². The first-order valence-corrected chi connectivity index (χ1v) is 8.63. The van der Waals surface area contributed by atoms with Crippen molar-refractivity contribution in [3.8, 4) is 17.1 Å². The van der Waals surface area contributed by atoms with Gasteiger partial charge < -0.3 is 19.0 Å². The number of hydrogen-bond donors (Lipinski definition) is 1. The Balaban J connectivity index is 1.56. The minimum Gasteiger partial charge on any atom is -0.497 e. The molecular weight excluding hydrogens is 330 g/mol. The Hall–Kier alpha value is -3.02. The minimum absolute atomic E-state index is 0.00518. The zero-order valence-electron chi connectivity index (χ0n) is 15.1. The summed E-state index contributed by atoms with van der Waals surface area (Å²) in [5.41, 5.74) is 3.66. The summed E-state index contributed by atoms with van der Waals surface area (Å²) in [6.07, 6.45) is 0.740. The fourth-order valence-electron chi connectivity index (χ4n) is 3.37. The number of amides is 1. The number of H-pyrrole nitrogens is 1. The van der Waals surface area contributed by atoms with E-state index in [1.54, 1.807) is 7.11 Å². The molecule has 1 aliphatic rings. The predicted octanol–water partition coefficient (Wildman–Crippen LogP) is 3.49. The van der Waals surface area contributed by atoms with E-state index in [-0.39, 0.29) is 5.91 Å². The zero-order valence-corrected chi connectivity index (χ0v) is 15.1. The predicted molar refractivity (Wildman–Crippen MR) is 97.2 cm³/mol. The van der Waals surface area contributed by atoms with Crippen LogP contribution in [0.5, 0.6) is 5.75 Å². The van der Waals surface area contributed by atoms with Crippen molar-refractivity contribution in [3.63, 3.8) is 0 Å². The van der Waals surface area contributed by atoms with Crippen molar-refractivity contribution in [1.29, 1.82) is 0 Å². The van der Waals surface area contributed by atoms with E-state index in [2.05, 4.69) is 4.98 Å². The number of rotatable bonds is 3. The molecule has 26 heavy (non-hydrogen) atoms.